The van der Waals surface area contributed by atoms with Crippen LogP contribution >= 0.6 is 15.9 Å². The molecule has 0 fully saturated rings. The molecule has 1 atom stereocenters. The van der Waals surface area contributed by atoms with E-state index in [0.29, 0.717) is 4.47 Å². The highest BCUT2D eigenvalue weighted by molar-refractivity contribution is 9.10. The average molecular weight is 324 g/mol. The summed E-state index contributed by atoms with van der Waals surface area (Å²) in [6, 6.07) is 1.93. The number of ether oxygens (including phenoxy) is 1. The lowest BCUT2D eigenvalue weighted by molar-refractivity contribution is -0.174. The van der Waals surface area contributed by atoms with Crippen LogP contribution in [0.15, 0.2) is 22.7 Å². The van der Waals surface area contributed by atoms with Gasteiger partial charge in [-0.2, -0.15) is 8.78 Å². The predicted octanol–water partition coefficient (Wildman–Crippen LogP) is 2.35. The summed E-state index contributed by atoms with van der Waals surface area (Å²) in [5, 5.41) is 9.49. The number of hydrogen-bond acceptors (Lipinski definition) is 4. The Balaban J connectivity index is 3.08. The van der Waals surface area contributed by atoms with Crippen molar-refractivity contribution >= 4 is 21.9 Å². The number of aromatic hydroxyl groups is 1. The van der Waals surface area contributed by atoms with Crippen LogP contribution in [0.2, 0.25) is 0 Å². The van der Waals surface area contributed by atoms with Crippen molar-refractivity contribution in [1.82, 2.24) is 0 Å². The quantitative estimate of drug-likeness (QED) is 0.834. The smallest absolute Gasteiger partial charge is 0.379 e. The molecule has 0 aliphatic carbocycles. The van der Waals surface area contributed by atoms with Crippen LogP contribution in [0.5, 0.6) is 5.75 Å². The van der Waals surface area contributed by atoms with Gasteiger partial charge in [0, 0.05) is 10.0 Å². The first-order valence-electron chi connectivity index (χ1n) is 5.09. The molecular formula is C11H12BrF2NO3. The highest BCUT2D eigenvalue weighted by atomic mass is 79.9. The standard InChI is InChI=1S/C11H12BrF2NO3/c1-2-18-10(17)11(13,14)9(15)7-5-6(12)3-4-8(7)16/h3-5,9,16H,2,15H2,1H3/t9-/m1/s1. The zero-order valence-corrected chi connectivity index (χ0v) is 11.1. The molecule has 0 amide bonds. The maximum Gasteiger partial charge on any atom is 0.379 e. The van der Waals surface area contributed by atoms with Crippen LogP contribution in [-0.4, -0.2) is 23.6 Å². The molecule has 0 aromatic heterocycles. The molecule has 0 radical (unpaired) electrons. The van der Waals surface area contributed by atoms with Crippen LogP contribution < -0.4 is 5.73 Å². The number of carbonyl (C=O) groups excluding carboxylic acids is 1. The summed E-state index contributed by atoms with van der Waals surface area (Å²) in [5.74, 6) is -6.03. The second-order valence-corrected chi connectivity index (χ2v) is 4.44. The third-order valence-corrected chi connectivity index (χ3v) is 2.76. The fourth-order valence-electron chi connectivity index (χ4n) is 1.32. The second kappa shape index (κ2) is 5.62. The maximum absolute atomic E-state index is 13.7. The summed E-state index contributed by atoms with van der Waals surface area (Å²) in [6.45, 7) is 1.24. The molecule has 0 bridgehead atoms. The van der Waals surface area contributed by atoms with Crippen LogP contribution in [-0.2, 0) is 9.53 Å². The highest BCUT2D eigenvalue weighted by Gasteiger charge is 2.48. The summed E-state index contributed by atoms with van der Waals surface area (Å²) < 4.78 is 32.1. The zero-order valence-electron chi connectivity index (χ0n) is 9.49. The Bertz CT molecular complexity index is 454. The van der Waals surface area contributed by atoms with E-state index in [-0.39, 0.29) is 12.2 Å². The molecule has 3 N–H and O–H groups in total. The van der Waals surface area contributed by atoms with Crippen molar-refractivity contribution in [3.8, 4) is 5.75 Å². The molecule has 4 nitrogen and oxygen atoms in total. The molecule has 0 aliphatic rings. The number of phenolic OH excluding ortho intramolecular Hbond substituents is 1. The van der Waals surface area contributed by atoms with Crippen molar-refractivity contribution in [2.45, 2.75) is 18.9 Å². The molecule has 0 heterocycles. The third-order valence-electron chi connectivity index (χ3n) is 2.26. The highest BCUT2D eigenvalue weighted by Crippen LogP contribution is 2.36. The Morgan fingerprint density at radius 2 is 2.22 bits per heavy atom. The topological polar surface area (TPSA) is 72.5 Å². The number of benzene rings is 1. The fraction of sp³-hybridized carbons (Fsp3) is 0.364. The Morgan fingerprint density at radius 3 is 2.78 bits per heavy atom. The van der Waals surface area contributed by atoms with Crippen LogP contribution in [0.3, 0.4) is 0 Å². The molecule has 18 heavy (non-hydrogen) atoms. The summed E-state index contributed by atoms with van der Waals surface area (Å²) in [5.41, 5.74) is 5.11. The molecule has 7 heteroatoms. The first-order chi connectivity index (χ1) is 8.30. The van der Waals surface area contributed by atoms with Gasteiger partial charge >= 0.3 is 11.9 Å². The van der Waals surface area contributed by atoms with Gasteiger partial charge in [-0.15, -0.1) is 0 Å². The van der Waals surface area contributed by atoms with Crippen molar-refractivity contribution < 1.29 is 23.4 Å². The van der Waals surface area contributed by atoms with Gasteiger partial charge in [0.05, 0.1) is 6.61 Å². The van der Waals surface area contributed by atoms with Gasteiger partial charge in [0.1, 0.15) is 11.8 Å². The summed E-state index contributed by atoms with van der Waals surface area (Å²) in [7, 11) is 0. The molecule has 1 rings (SSSR count). The van der Waals surface area contributed by atoms with Crippen LogP contribution in [0, 0.1) is 0 Å². The summed E-state index contributed by atoms with van der Waals surface area (Å²) >= 11 is 3.07. The summed E-state index contributed by atoms with van der Waals surface area (Å²) in [4.78, 5) is 11.1. The molecule has 1 aromatic rings. The van der Waals surface area contributed by atoms with Crippen molar-refractivity contribution in [3.63, 3.8) is 0 Å². The molecule has 0 saturated carbocycles. The minimum Gasteiger partial charge on any atom is -0.508 e. The van der Waals surface area contributed by atoms with E-state index < -0.39 is 23.7 Å². The van der Waals surface area contributed by atoms with E-state index in [1.165, 1.54) is 25.1 Å². The van der Waals surface area contributed by atoms with Crippen LogP contribution in [0.1, 0.15) is 18.5 Å². The number of halogens is 3. The first kappa shape index (κ1) is 14.8. The number of alkyl halides is 2. The third kappa shape index (κ3) is 2.97. The van der Waals surface area contributed by atoms with E-state index in [1.54, 1.807) is 0 Å². The fourth-order valence-corrected chi connectivity index (χ4v) is 1.70. The van der Waals surface area contributed by atoms with Gasteiger partial charge in [-0.25, -0.2) is 4.79 Å². The lowest BCUT2D eigenvalue weighted by Crippen LogP contribution is -2.41. The van der Waals surface area contributed by atoms with E-state index in [0.717, 1.165) is 0 Å². The van der Waals surface area contributed by atoms with E-state index >= 15 is 0 Å². The Hall–Kier alpha value is -1.21. The van der Waals surface area contributed by atoms with E-state index in [2.05, 4.69) is 20.7 Å². The molecule has 0 saturated heterocycles. The van der Waals surface area contributed by atoms with Gasteiger partial charge < -0.3 is 15.6 Å². The number of phenols is 1. The van der Waals surface area contributed by atoms with E-state index in [4.69, 9.17) is 5.73 Å². The second-order valence-electron chi connectivity index (χ2n) is 3.52. The Morgan fingerprint density at radius 1 is 1.61 bits per heavy atom. The van der Waals surface area contributed by atoms with Gasteiger partial charge in [-0.3, -0.25) is 0 Å². The van der Waals surface area contributed by atoms with Crippen molar-refractivity contribution in [3.05, 3.63) is 28.2 Å². The Kier molecular flexibility index (Phi) is 4.64. The maximum atomic E-state index is 13.7. The first-order valence-corrected chi connectivity index (χ1v) is 5.89. The largest absolute Gasteiger partial charge is 0.508 e. The number of rotatable bonds is 4. The minimum absolute atomic E-state index is 0.175. The molecule has 0 aliphatic heterocycles. The van der Waals surface area contributed by atoms with Gasteiger partial charge in [-0.05, 0) is 25.1 Å². The normalized spacial score (nSPS) is 13.2. The number of hydrogen-bond donors (Lipinski definition) is 2. The van der Waals surface area contributed by atoms with Gasteiger partial charge in [0.25, 0.3) is 0 Å². The van der Waals surface area contributed by atoms with Gasteiger partial charge in [-0.1, -0.05) is 15.9 Å². The number of nitrogens with two attached hydrogens (primary N) is 1. The number of esters is 1. The molecule has 0 unspecified atom stereocenters. The van der Waals surface area contributed by atoms with Crippen LogP contribution in [0.25, 0.3) is 0 Å². The Labute approximate surface area is 111 Å². The van der Waals surface area contributed by atoms with Crippen molar-refractivity contribution in [1.29, 1.82) is 0 Å². The molecular weight excluding hydrogens is 312 g/mol. The predicted molar refractivity (Wildman–Crippen MR) is 64.3 cm³/mol. The molecule has 100 valence electrons. The SMILES string of the molecule is CCOC(=O)C(F)(F)[C@H](N)c1cc(Br)ccc1O. The summed E-state index contributed by atoms with van der Waals surface area (Å²) in [6.07, 6.45) is 0. The van der Waals surface area contributed by atoms with Crippen molar-refractivity contribution in [2.24, 2.45) is 5.73 Å². The number of carbonyl (C=O) groups is 1. The molecule has 0 spiro atoms. The van der Waals surface area contributed by atoms with Crippen molar-refractivity contribution in [2.75, 3.05) is 6.61 Å². The lowest BCUT2D eigenvalue weighted by Gasteiger charge is -2.22. The van der Waals surface area contributed by atoms with Crippen LogP contribution in [0.4, 0.5) is 8.78 Å². The van der Waals surface area contributed by atoms with E-state index in [1.807, 2.05) is 0 Å². The van der Waals surface area contributed by atoms with Gasteiger partial charge in [0.2, 0.25) is 0 Å². The van der Waals surface area contributed by atoms with Gasteiger partial charge in [0.15, 0.2) is 0 Å². The minimum atomic E-state index is -3.91. The molecule has 1 aromatic carbocycles. The average Bonchev–Trinajstić information content (AvgIpc) is 2.31. The zero-order chi connectivity index (χ0) is 13.9. The lowest BCUT2D eigenvalue weighted by atomic mass is 10.0. The monoisotopic (exact) mass is 323 g/mol. The van der Waals surface area contributed by atoms with E-state index in [9.17, 15) is 18.7 Å².